The van der Waals surface area contributed by atoms with Crippen LogP contribution in [0.15, 0.2) is 51.8 Å². The van der Waals surface area contributed by atoms with Crippen LogP contribution < -0.4 is 15.6 Å². The Morgan fingerprint density at radius 1 is 1.19 bits per heavy atom. The van der Waals surface area contributed by atoms with Crippen LogP contribution in [-0.4, -0.2) is 20.2 Å². The molecule has 0 spiro atoms. The van der Waals surface area contributed by atoms with E-state index in [9.17, 15) is 18.0 Å². The Balaban J connectivity index is 1.53. The maximum atomic E-state index is 12.4. The molecule has 2 aromatic carbocycles. The largest absolute Gasteiger partial charge is 0.451 e. The average molecular weight is 385 g/mol. The predicted octanol–water partition coefficient (Wildman–Crippen LogP) is 1.86. The molecule has 0 saturated carbocycles. The molecule has 138 valence electrons. The van der Waals surface area contributed by atoms with Crippen molar-refractivity contribution >= 4 is 38.5 Å². The van der Waals surface area contributed by atoms with Crippen LogP contribution in [0.4, 0.5) is 5.69 Å². The van der Waals surface area contributed by atoms with Crippen molar-refractivity contribution in [2.24, 2.45) is 0 Å². The van der Waals surface area contributed by atoms with Crippen molar-refractivity contribution in [3.63, 3.8) is 0 Å². The number of furan rings is 1. The zero-order chi connectivity index (χ0) is 19.2. The van der Waals surface area contributed by atoms with E-state index in [1.165, 1.54) is 18.2 Å². The van der Waals surface area contributed by atoms with Gasteiger partial charge in [-0.25, -0.2) is 8.42 Å². The van der Waals surface area contributed by atoms with E-state index in [1.54, 1.807) is 19.1 Å². The number of sulfonamides is 1. The summed E-state index contributed by atoms with van der Waals surface area (Å²) in [7, 11) is -4.01. The van der Waals surface area contributed by atoms with Crippen LogP contribution >= 0.6 is 0 Å². The number of fused-ring (bicyclic) bond motifs is 2. The monoisotopic (exact) mass is 385 g/mol. The summed E-state index contributed by atoms with van der Waals surface area (Å²) in [4.78, 5) is 25.8. The number of para-hydroxylation sites is 1. The lowest BCUT2D eigenvalue weighted by Gasteiger charge is -2.09. The summed E-state index contributed by atoms with van der Waals surface area (Å²) >= 11 is 0. The first-order valence-electron chi connectivity index (χ1n) is 8.08. The molecule has 0 radical (unpaired) electrons. The van der Waals surface area contributed by atoms with Crippen molar-refractivity contribution in [3.8, 4) is 0 Å². The third kappa shape index (κ3) is 3.07. The van der Waals surface area contributed by atoms with Gasteiger partial charge in [0.2, 0.25) is 5.91 Å². The second-order valence-electron chi connectivity index (χ2n) is 6.16. The highest BCUT2D eigenvalue weighted by molar-refractivity contribution is 7.89. The summed E-state index contributed by atoms with van der Waals surface area (Å²) in [6.07, 6.45) is 0.114. The highest BCUT2D eigenvalue weighted by Crippen LogP contribution is 2.26. The Labute approximate surface area is 154 Å². The van der Waals surface area contributed by atoms with Gasteiger partial charge in [0, 0.05) is 16.6 Å². The molecule has 8 nitrogen and oxygen atoms in total. The zero-order valence-electron chi connectivity index (χ0n) is 14.2. The van der Waals surface area contributed by atoms with Gasteiger partial charge in [-0.15, -0.1) is 4.83 Å². The van der Waals surface area contributed by atoms with Gasteiger partial charge in [-0.3, -0.25) is 15.0 Å². The van der Waals surface area contributed by atoms with E-state index in [0.717, 1.165) is 5.39 Å². The van der Waals surface area contributed by atoms with Crippen molar-refractivity contribution in [2.75, 3.05) is 5.32 Å². The maximum absolute atomic E-state index is 12.4. The topological polar surface area (TPSA) is 118 Å². The molecule has 0 unspecified atom stereocenters. The molecule has 3 aromatic rings. The molecule has 0 aliphatic carbocycles. The summed E-state index contributed by atoms with van der Waals surface area (Å²) in [5.74, 6) is -0.867. The first-order chi connectivity index (χ1) is 12.8. The number of hydrogen-bond acceptors (Lipinski definition) is 5. The number of rotatable bonds is 4. The zero-order valence-corrected chi connectivity index (χ0v) is 15.0. The van der Waals surface area contributed by atoms with Crippen LogP contribution in [0, 0.1) is 6.92 Å². The number of amides is 2. The van der Waals surface area contributed by atoms with Gasteiger partial charge in [0.15, 0.2) is 5.76 Å². The minimum atomic E-state index is -4.01. The second-order valence-corrected chi connectivity index (χ2v) is 7.84. The standard InChI is InChI=1S/C18H15N3O5S/c1-10-13-4-2-3-5-15(13)26-17(10)18(23)20-21-27(24,25)12-6-7-14-11(8-12)9-16(22)19-14/h2-8,21H,9H2,1H3,(H,19,22)(H,20,23). The van der Waals surface area contributed by atoms with Crippen LogP contribution in [0.3, 0.4) is 0 Å². The highest BCUT2D eigenvalue weighted by Gasteiger charge is 2.23. The van der Waals surface area contributed by atoms with Crippen molar-refractivity contribution in [2.45, 2.75) is 18.2 Å². The van der Waals surface area contributed by atoms with Crippen LogP contribution in [0.1, 0.15) is 21.7 Å². The Morgan fingerprint density at radius 2 is 1.96 bits per heavy atom. The molecular formula is C18H15N3O5S. The van der Waals surface area contributed by atoms with Crippen LogP contribution in [0.25, 0.3) is 11.0 Å². The van der Waals surface area contributed by atoms with E-state index in [1.807, 2.05) is 12.1 Å². The Hall–Kier alpha value is -3.17. The summed E-state index contributed by atoms with van der Waals surface area (Å²) in [5, 5.41) is 3.41. The molecule has 9 heteroatoms. The molecule has 0 bridgehead atoms. The molecule has 0 fully saturated rings. The quantitative estimate of drug-likeness (QED) is 0.593. The van der Waals surface area contributed by atoms with Gasteiger partial charge in [-0.05, 0) is 36.8 Å². The van der Waals surface area contributed by atoms with Gasteiger partial charge in [0.1, 0.15) is 5.58 Å². The van der Waals surface area contributed by atoms with Gasteiger partial charge in [-0.2, -0.15) is 0 Å². The second kappa shape index (κ2) is 6.22. The van der Waals surface area contributed by atoms with E-state index in [4.69, 9.17) is 4.42 Å². The highest BCUT2D eigenvalue weighted by atomic mass is 32.2. The van der Waals surface area contributed by atoms with Crippen molar-refractivity contribution in [3.05, 3.63) is 59.4 Å². The van der Waals surface area contributed by atoms with E-state index in [2.05, 4.69) is 15.6 Å². The van der Waals surface area contributed by atoms with Gasteiger partial charge in [0.05, 0.1) is 11.3 Å². The first-order valence-corrected chi connectivity index (χ1v) is 9.56. The number of carbonyl (C=O) groups is 2. The van der Waals surface area contributed by atoms with Crippen molar-refractivity contribution < 1.29 is 22.4 Å². The number of carbonyl (C=O) groups excluding carboxylic acids is 2. The number of aryl methyl sites for hydroxylation is 1. The minimum Gasteiger partial charge on any atom is -0.451 e. The summed E-state index contributed by atoms with van der Waals surface area (Å²) < 4.78 is 30.4. The fourth-order valence-corrected chi connectivity index (χ4v) is 3.88. The van der Waals surface area contributed by atoms with E-state index >= 15 is 0 Å². The fraction of sp³-hybridized carbons (Fsp3) is 0.111. The molecule has 0 saturated heterocycles. The van der Waals surface area contributed by atoms with Crippen molar-refractivity contribution in [1.82, 2.24) is 10.3 Å². The van der Waals surface area contributed by atoms with E-state index < -0.39 is 15.9 Å². The predicted molar refractivity (Wildman–Crippen MR) is 97.5 cm³/mol. The average Bonchev–Trinajstić information content (AvgIpc) is 3.18. The maximum Gasteiger partial charge on any atom is 0.302 e. The first kappa shape index (κ1) is 17.3. The lowest BCUT2D eigenvalue weighted by atomic mass is 10.1. The van der Waals surface area contributed by atoms with Gasteiger partial charge in [0.25, 0.3) is 10.0 Å². The molecule has 0 atom stereocenters. The minimum absolute atomic E-state index is 0.0302. The summed E-state index contributed by atoms with van der Waals surface area (Å²) in [6.45, 7) is 1.72. The lowest BCUT2D eigenvalue weighted by Crippen LogP contribution is -2.41. The summed E-state index contributed by atoms with van der Waals surface area (Å²) in [5.41, 5.74) is 4.49. The third-order valence-corrected chi connectivity index (χ3v) is 5.61. The third-order valence-electron chi connectivity index (χ3n) is 4.36. The molecule has 2 amide bonds. The Bertz CT molecular complexity index is 1200. The fourth-order valence-electron chi connectivity index (χ4n) is 2.99. The lowest BCUT2D eigenvalue weighted by molar-refractivity contribution is -0.115. The molecule has 1 aliphatic rings. The number of anilines is 1. The Kier molecular flexibility index (Phi) is 3.97. The van der Waals surface area contributed by atoms with E-state index in [0.29, 0.717) is 22.4 Å². The smallest absolute Gasteiger partial charge is 0.302 e. The van der Waals surface area contributed by atoms with Gasteiger partial charge in [-0.1, -0.05) is 18.2 Å². The normalized spacial score (nSPS) is 13.4. The van der Waals surface area contributed by atoms with Crippen LogP contribution in [0.2, 0.25) is 0 Å². The number of hydrogen-bond donors (Lipinski definition) is 3. The molecule has 3 N–H and O–H groups in total. The van der Waals surface area contributed by atoms with Crippen LogP contribution in [0.5, 0.6) is 0 Å². The van der Waals surface area contributed by atoms with E-state index in [-0.39, 0.29) is 23.0 Å². The van der Waals surface area contributed by atoms with Gasteiger partial charge >= 0.3 is 5.91 Å². The molecular weight excluding hydrogens is 370 g/mol. The summed E-state index contributed by atoms with van der Waals surface area (Å²) in [6, 6.07) is 11.4. The molecule has 4 rings (SSSR count). The van der Waals surface area contributed by atoms with Gasteiger partial charge < -0.3 is 9.73 Å². The molecule has 1 aliphatic heterocycles. The molecule has 27 heavy (non-hydrogen) atoms. The molecule has 1 aromatic heterocycles. The molecule has 2 heterocycles. The Morgan fingerprint density at radius 3 is 2.74 bits per heavy atom. The number of benzene rings is 2. The van der Waals surface area contributed by atoms with Crippen molar-refractivity contribution in [1.29, 1.82) is 0 Å². The SMILES string of the molecule is Cc1c(C(=O)NNS(=O)(=O)c2ccc3c(c2)CC(=O)N3)oc2ccccc12. The number of hydrazine groups is 1. The van der Waals surface area contributed by atoms with Crippen LogP contribution in [-0.2, 0) is 21.2 Å². The number of nitrogens with one attached hydrogen (secondary N) is 3.